The molecule has 0 amide bonds. The molecule has 0 bridgehead atoms. The summed E-state index contributed by atoms with van der Waals surface area (Å²) >= 11 is 12.5. The zero-order valence-corrected chi connectivity index (χ0v) is 15.6. The van der Waals surface area contributed by atoms with Gasteiger partial charge in [-0.25, -0.2) is 0 Å². The van der Waals surface area contributed by atoms with Crippen molar-refractivity contribution >= 4 is 39.8 Å². The molecule has 2 aromatic carbocycles. The monoisotopic (exact) mass is 395 g/mol. The number of aromatic hydroxyl groups is 1. The Kier molecular flexibility index (Phi) is 4.84. The number of fused-ring (bicyclic) bond motifs is 1. The highest BCUT2D eigenvalue weighted by atomic mass is 35.5. The van der Waals surface area contributed by atoms with Crippen LogP contribution in [0.1, 0.15) is 17.2 Å². The van der Waals surface area contributed by atoms with Crippen molar-refractivity contribution in [3.8, 4) is 5.75 Å². The standard InChI is InChI=1S/C21H15Cl2N3O/c22-14-7-5-13(6-8-14)19(26-15-3-1-9-24-12-15)17-11-18(23)16-4-2-10-25-20(16)21(17)27/h1-12,19,26-27H/t19-/m0/s1. The average Bonchev–Trinajstić information content (AvgIpc) is 2.71. The van der Waals surface area contributed by atoms with E-state index in [0.717, 1.165) is 11.3 Å². The number of pyridine rings is 2. The number of phenols is 1. The lowest BCUT2D eigenvalue weighted by Gasteiger charge is -2.23. The number of nitrogens with zero attached hydrogens (tertiary/aromatic N) is 2. The zero-order chi connectivity index (χ0) is 18.8. The van der Waals surface area contributed by atoms with Gasteiger partial charge in [-0.05, 0) is 48.0 Å². The van der Waals surface area contributed by atoms with E-state index >= 15 is 0 Å². The Labute approximate surface area is 166 Å². The number of aromatic nitrogens is 2. The van der Waals surface area contributed by atoms with Gasteiger partial charge in [0.15, 0.2) is 0 Å². The van der Waals surface area contributed by atoms with Crippen LogP contribution in [-0.2, 0) is 0 Å². The molecule has 6 heteroatoms. The zero-order valence-electron chi connectivity index (χ0n) is 14.1. The Morgan fingerprint density at radius 3 is 2.48 bits per heavy atom. The maximum absolute atomic E-state index is 10.9. The van der Waals surface area contributed by atoms with Crippen molar-refractivity contribution in [3.05, 3.63) is 94.4 Å². The maximum Gasteiger partial charge on any atom is 0.147 e. The second-order valence-electron chi connectivity index (χ2n) is 6.07. The number of hydrogen-bond acceptors (Lipinski definition) is 4. The molecule has 2 N–H and O–H groups in total. The lowest BCUT2D eigenvalue weighted by Crippen LogP contribution is -2.13. The Balaban J connectivity index is 1.89. The van der Waals surface area contributed by atoms with Gasteiger partial charge in [0.05, 0.1) is 16.8 Å². The largest absolute Gasteiger partial charge is 0.505 e. The van der Waals surface area contributed by atoms with Crippen LogP contribution < -0.4 is 5.32 Å². The lowest BCUT2D eigenvalue weighted by molar-refractivity contribution is 0.472. The minimum atomic E-state index is -0.365. The van der Waals surface area contributed by atoms with E-state index in [-0.39, 0.29) is 11.8 Å². The molecule has 0 saturated carbocycles. The minimum Gasteiger partial charge on any atom is -0.505 e. The normalized spacial score (nSPS) is 12.1. The first kappa shape index (κ1) is 17.6. The summed E-state index contributed by atoms with van der Waals surface area (Å²) in [6.07, 6.45) is 5.06. The fourth-order valence-electron chi connectivity index (χ4n) is 3.04. The summed E-state index contributed by atoms with van der Waals surface area (Å²) < 4.78 is 0. The predicted molar refractivity (Wildman–Crippen MR) is 110 cm³/mol. The summed E-state index contributed by atoms with van der Waals surface area (Å²) in [7, 11) is 0. The number of benzene rings is 2. The first-order valence-electron chi connectivity index (χ1n) is 8.31. The van der Waals surface area contributed by atoms with Crippen LogP contribution in [0.3, 0.4) is 0 Å². The van der Waals surface area contributed by atoms with Crippen LogP contribution >= 0.6 is 23.2 Å². The van der Waals surface area contributed by atoms with Gasteiger partial charge in [0.1, 0.15) is 11.3 Å². The molecule has 0 aliphatic rings. The molecule has 134 valence electrons. The smallest absolute Gasteiger partial charge is 0.147 e. The molecule has 2 aromatic heterocycles. The van der Waals surface area contributed by atoms with Crippen molar-refractivity contribution in [2.45, 2.75) is 6.04 Å². The van der Waals surface area contributed by atoms with Gasteiger partial charge in [-0.1, -0.05) is 35.3 Å². The number of nitrogens with one attached hydrogen (secondary N) is 1. The van der Waals surface area contributed by atoms with E-state index in [1.807, 2.05) is 42.5 Å². The van der Waals surface area contributed by atoms with Gasteiger partial charge in [-0.2, -0.15) is 0 Å². The Morgan fingerprint density at radius 2 is 1.74 bits per heavy atom. The third-order valence-corrected chi connectivity index (χ3v) is 4.90. The minimum absolute atomic E-state index is 0.0892. The van der Waals surface area contributed by atoms with Gasteiger partial charge in [-0.15, -0.1) is 0 Å². The molecule has 0 spiro atoms. The van der Waals surface area contributed by atoms with Gasteiger partial charge in [0.2, 0.25) is 0 Å². The summed E-state index contributed by atoms with van der Waals surface area (Å²) in [5, 5.41) is 16.2. The molecule has 1 atom stereocenters. The fourth-order valence-corrected chi connectivity index (χ4v) is 3.43. The first-order valence-corrected chi connectivity index (χ1v) is 9.07. The van der Waals surface area contributed by atoms with E-state index in [2.05, 4.69) is 15.3 Å². The molecular weight excluding hydrogens is 381 g/mol. The summed E-state index contributed by atoms with van der Waals surface area (Å²) in [6.45, 7) is 0. The van der Waals surface area contributed by atoms with Gasteiger partial charge in [0, 0.05) is 34.6 Å². The molecule has 0 aliphatic heterocycles. The van der Waals surface area contributed by atoms with Gasteiger partial charge < -0.3 is 10.4 Å². The van der Waals surface area contributed by atoms with Crippen molar-refractivity contribution in [1.82, 2.24) is 9.97 Å². The van der Waals surface area contributed by atoms with Gasteiger partial charge >= 0.3 is 0 Å². The van der Waals surface area contributed by atoms with E-state index in [1.54, 1.807) is 30.7 Å². The summed E-state index contributed by atoms with van der Waals surface area (Å²) in [6, 6.07) is 16.2. The number of halogens is 2. The second kappa shape index (κ2) is 7.43. The van der Waals surface area contributed by atoms with Crippen LogP contribution in [-0.4, -0.2) is 15.1 Å². The SMILES string of the molecule is Oc1c([C@@H](Nc2cccnc2)c2ccc(Cl)cc2)cc(Cl)c2cccnc12. The Morgan fingerprint density at radius 1 is 0.963 bits per heavy atom. The molecular formula is C21H15Cl2N3O. The van der Waals surface area contributed by atoms with E-state index < -0.39 is 0 Å². The van der Waals surface area contributed by atoms with E-state index in [1.165, 1.54) is 0 Å². The van der Waals surface area contributed by atoms with Crippen LogP contribution in [0.4, 0.5) is 5.69 Å². The van der Waals surface area contributed by atoms with E-state index in [9.17, 15) is 5.11 Å². The molecule has 0 unspecified atom stereocenters. The maximum atomic E-state index is 10.9. The van der Waals surface area contributed by atoms with Crippen molar-refractivity contribution < 1.29 is 5.11 Å². The number of anilines is 1. The van der Waals surface area contributed by atoms with E-state index in [4.69, 9.17) is 23.2 Å². The quantitative estimate of drug-likeness (QED) is 0.455. The number of phenolic OH excluding ortho intramolecular Hbond substituents is 1. The summed E-state index contributed by atoms with van der Waals surface area (Å²) in [5.41, 5.74) is 2.82. The van der Waals surface area contributed by atoms with Crippen molar-refractivity contribution in [3.63, 3.8) is 0 Å². The molecule has 4 rings (SSSR count). The second-order valence-corrected chi connectivity index (χ2v) is 6.91. The highest BCUT2D eigenvalue weighted by molar-refractivity contribution is 6.35. The van der Waals surface area contributed by atoms with Crippen LogP contribution in [0.25, 0.3) is 10.9 Å². The summed E-state index contributed by atoms with van der Waals surface area (Å²) in [4.78, 5) is 8.45. The topological polar surface area (TPSA) is 58.0 Å². The highest BCUT2D eigenvalue weighted by Gasteiger charge is 2.21. The Bertz CT molecular complexity index is 1090. The third kappa shape index (κ3) is 3.54. The highest BCUT2D eigenvalue weighted by Crippen LogP contribution is 2.39. The van der Waals surface area contributed by atoms with Gasteiger partial charge in [-0.3, -0.25) is 9.97 Å². The Hall–Kier alpha value is -2.82. The summed E-state index contributed by atoms with van der Waals surface area (Å²) in [5.74, 6) is 0.0892. The fraction of sp³-hybridized carbons (Fsp3) is 0.0476. The van der Waals surface area contributed by atoms with Crippen molar-refractivity contribution in [1.29, 1.82) is 0 Å². The van der Waals surface area contributed by atoms with Crippen LogP contribution in [0.5, 0.6) is 5.75 Å². The molecule has 0 aliphatic carbocycles. The predicted octanol–water partition coefficient (Wildman–Crippen LogP) is 5.84. The van der Waals surface area contributed by atoms with Crippen LogP contribution in [0.2, 0.25) is 10.0 Å². The molecule has 0 radical (unpaired) electrons. The molecule has 27 heavy (non-hydrogen) atoms. The van der Waals surface area contributed by atoms with E-state index in [0.29, 0.717) is 26.5 Å². The first-order chi connectivity index (χ1) is 13.1. The average molecular weight is 396 g/mol. The molecule has 0 saturated heterocycles. The van der Waals surface area contributed by atoms with Crippen LogP contribution in [0.15, 0.2) is 73.2 Å². The van der Waals surface area contributed by atoms with Crippen LogP contribution in [0, 0.1) is 0 Å². The van der Waals surface area contributed by atoms with Gasteiger partial charge in [0.25, 0.3) is 0 Å². The lowest BCUT2D eigenvalue weighted by atomic mass is 9.96. The molecule has 4 aromatic rings. The molecule has 4 nitrogen and oxygen atoms in total. The van der Waals surface area contributed by atoms with Crippen molar-refractivity contribution in [2.75, 3.05) is 5.32 Å². The third-order valence-electron chi connectivity index (χ3n) is 4.33. The number of hydrogen-bond donors (Lipinski definition) is 2. The molecule has 2 heterocycles. The number of rotatable bonds is 4. The van der Waals surface area contributed by atoms with Crippen molar-refractivity contribution in [2.24, 2.45) is 0 Å². The molecule has 0 fully saturated rings.